The molecule has 0 amide bonds. The molecule has 0 aromatic heterocycles. The fourth-order valence-corrected chi connectivity index (χ4v) is 3.73. The Labute approximate surface area is 117 Å². The fourth-order valence-electron chi connectivity index (χ4n) is 3.73. The van der Waals surface area contributed by atoms with Gasteiger partial charge in [-0.1, -0.05) is 13.3 Å². The van der Waals surface area contributed by atoms with Gasteiger partial charge in [0.15, 0.2) is 0 Å². The second-order valence-corrected chi connectivity index (χ2v) is 5.94. The van der Waals surface area contributed by atoms with Gasteiger partial charge < -0.3 is 9.64 Å². The molecule has 1 saturated heterocycles. The van der Waals surface area contributed by atoms with E-state index in [-0.39, 0.29) is 5.54 Å². The van der Waals surface area contributed by atoms with Gasteiger partial charge in [-0.15, -0.1) is 0 Å². The first-order valence-corrected chi connectivity index (χ1v) is 7.65. The number of likely N-dealkylation sites (tertiary alicyclic amines) is 1. The molecule has 3 unspecified atom stereocenters. The van der Waals surface area contributed by atoms with Crippen LogP contribution in [0.2, 0.25) is 0 Å². The van der Waals surface area contributed by atoms with E-state index >= 15 is 0 Å². The molecule has 0 radical (unpaired) electrons. The van der Waals surface area contributed by atoms with Crippen LogP contribution in [-0.4, -0.2) is 49.8 Å². The van der Waals surface area contributed by atoms with E-state index in [1.165, 1.54) is 12.8 Å². The summed E-state index contributed by atoms with van der Waals surface area (Å²) in [7, 11) is 1.80. The van der Waals surface area contributed by atoms with E-state index < -0.39 is 0 Å². The Hall–Kier alpha value is -0.630. The lowest BCUT2D eigenvalue weighted by Gasteiger charge is -2.30. The van der Waals surface area contributed by atoms with E-state index in [0.29, 0.717) is 12.0 Å². The molecular formula is C15H27N3O. The predicted molar refractivity (Wildman–Crippen MR) is 75.8 cm³/mol. The second-order valence-electron chi connectivity index (χ2n) is 5.94. The standard InChI is InChI=1S/C15H27N3O/c1-3-17-15(12-16)8-4-5-13(15)6-9-18-10-7-14(11-18)19-2/h13-14,17H,3-11H2,1-2H3. The molecule has 1 aliphatic heterocycles. The number of nitrogens with one attached hydrogen (secondary N) is 1. The van der Waals surface area contributed by atoms with Crippen LogP contribution in [0.25, 0.3) is 0 Å². The highest BCUT2D eigenvalue weighted by molar-refractivity contribution is 5.14. The highest BCUT2D eigenvalue weighted by atomic mass is 16.5. The molecule has 19 heavy (non-hydrogen) atoms. The van der Waals surface area contributed by atoms with Crippen molar-refractivity contribution in [1.29, 1.82) is 5.26 Å². The number of nitriles is 1. The molecule has 4 nitrogen and oxygen atoms in total. The van der Waals surface area contributed by atoms with Crippen molar-refractivity contribution in [3.63, 3.8) is 0 Å². The molecule has 4 heteroatoms. The van der Waals surface area contributed by atoms with Crippen LogP contribution in [0.3, 0.4) is 0 Å². The number of nitrogens with zero attached hydrogens (tertiary/aromatic N) is 2. The van der Waals surface area contributed by atoms with Gasteiger partial charge in [-0.2, -0.15) is 5.26 Å². The van der Waals surface area contributed by atoms with Crippen molar-refractivity contribution in [3.05, 3.63) is 0 Å². The molecular weight excluding hydrogens is 238 g/mol. The topological polar surface area (TPSA) is 48.3 Å². The Balaban J connectivity index is 1.83. The van der Waals surface area contributed by atoms with Crippen LogP contribution >= 0.6 is 0 Å². The number of hydrogen-bond donors (Lipinski definition) is 1. The minimum atomic E-state index is -0.255. The van der Waals surface area contributed by atoms with Gasteiger partial charge in [0.05, 0.1) is 12.2 Å². The third kappa shape index (κ3) is 3.28. The summed E-state index contributed by atoms with van der Waals surface area (Å²) in [4.78, 5) is 2.49. The van der Waals surface area contributed by atoms with Gasteiger partial charge in [0.1, 0.15) is 5.54 Å². The summed E-state index contributed by atoms with van der Waals surface area (Å²) in [5, 5.41) is 13.0. The minimum absolute atomic E-state index is 0.255. The van der Waals surface area contributed by atoms with Crippen LogP contribution in [0.5, 0.6) is 0 Å². The molecule has 1 saturated carbocycles. The van der Waals surface area contributed by atoms with Crippen LogP contribution in [-0.2, 0) is 4.74 Å². The highest BCUT2D eigenvalue weighted by Gasteiger charge is 2.42. The smallest absolute Gasteiger partial charge is 0.109 e. The molecule has 0 aromatic carbocycles. The molecule has 3 atom stereocenters. The first-order valence-electron chi connectivity index (χ1n) is 7.65. The number of methoxy groups -OCH3 is 1. The van der Waals surface area contributed by atoms with Gasteiger partial charge in [0.2, 0.25) is 0 Å². The maximum Gasteiger partial charge on any atom is 0.109 e. The van der Waals surface area contributed by atoms with Crippen LogP contribution in [0.15, 0.2) is 0 Å². The monoisotopic (exact) mass is 265 g/mol. The van der Waals surface area contributed by atoms with E-state index in [0.717, 1.165) is 45.4 Å². The van der Waals surface area contributed by atoms with Gasteiger partial charge in [-0.05, 0) is 44.7 Å². The summed E-state index contributed by atoms with van der Waals surface area (Å²) < 4.78 is 5.41. The Kier molecular flexibility index (Phi) is 5.20. The van der Waals surface area contributed by atoms with Gasteiger partial charge in [0, 0.05) is 20.2 Å². The van der Waals surface area contributed by atoms with Crippen LogP contribution < -0.4 is 5.32 Å². The SMILES string of the molecule is CCNC1(C#N)CCCC1CCN1CCC(OC)C1. The molecule has 0 spiro atoms. The van der Waals surface area contributed by atoms with Crippen molar-refractivity contribution >= 4 is 0 Å². The average Bonchev–Trinajstić information content (AvgIpc) is 3.04. The van der Waals surface area contributed by atoms with Crippen molar-refractivity contribution in [2.45, 2.75) is 50.7 Å². The first kappa shape index (κ1) is 14.8. The maximum absolute atomic E-state index is 9.54. The predicted octanol–water partition coefficient (Wildman–Crippen LogP) is 1.77. The first-order chi connectivity index (χ1) is 9.24. The minimum Gasteiger partial charge on any atom is -0.380 e. The third-order valence-corrected chi connectivity index (χ3v) is 4.87. The molecule has 2 aliphatic rings. The summed E-state index contributed by atoms with van der Waals surface area (Å²) in [5.74, 6) is 0.513. The summed E-state index contributed by atoms with van der Waals surface area (Å²) in [6.07, 6.45) is 6.10. The lowest BCUT2D eigenvalue weighted by molar-refractivity contribution is 0.106. The molecule has 2 fully saturated rings. The zero-order chi connectivity index (χ0) is 13.7. The molecule has 1 heterocycles. The molecule has 2 rings (SSSR count). The Bertz CT molecular complexity index is 328. The molecule has 1 N–H and O–H groups in total. The summed E-state index contributed by atoms with van der Waals surface area (Å²) >= 11 is 0. The van der Waals surface area contributed by atoms with Crippen LogP contribution in [0.1, 0.15) is 39.0 Å². The zero-order valence-electron chi connectivity index (χ0n) is 12.3. The van der Waals surface area contributed by atoms with E-state index in [1.807, 2.05) is 0 Å². The summed E-state index contributed by atoms with van der Waals surface area (Å²) in [6.45, 7) is 6.30. The normalized spacial score (nSPS) is 35.6. The zero-order valence-corrected chi connectivity index (χ0v) is 12.3. The number of rotatable bonds is 6. The molecule has 0 bridgehead atoms. The van der Waals surface area contributed by atoms with Crippen LogP contribution in [0, 0.1) is 17.2 Å². The molecule has 1 aliphatic carbocycles. The Morgan fingerprint density at radius 2 is 2.32 bits per heavy atom. The van der Waals surface area contributed by atoms with E-state index in [2.05, 4.69) is 23.2 Å². The van der Waals surface area contributed by atoms with Crippen molar-refractivity contribution < 1.29 is 4.74 Å². The average molecular weight is 265 g/mol. The van der Waals surface area contributed by atoms with E-state index in [4.69, 9.17) is 4.74 Å². The Morgan fingerprint density at radius 1 is 1.47 bits per heavy atom. The quantitative estimate of drug-likeness (QED) is 0.795. The lowest BCUT2D eigenvalue weighted by atomic mass is 9.85. The van der Waals surface area contributed by atoms with Crippen molar-refractivity contribution in [2.75, 3.05) is 33.3 Å². The highest BCUT2D eigenvalue weighted by Crippen LogP contribution is 2.37. The van der Waals surface area contributed by atoms with Gasteiger partial charge >= 0.3 is 0 Å². The van der Waals surface area contributed by atoms with Crippen molar-refractivity contribution in [1.82, 2.24) is 10.2 Å². The summed E-state index contributed by atoms with van der Waals surface area (Å²) in [6, 6.07) is 2.57. The Morgan fingerprint density at radius 3 is 2.95 bits per heavy atom. The van der Waals surface area contributed by atoms with Crippen LogP contribution in [0.4, 0.5) is 0 Å². The molecule has 0 aromatic rings. The van der Waals surface area contributed by atoms with E-state index in [9.17, 15) is 5.26 Å². The van der Waals surface area contributed by atoms with Crippen molar-refractivity contribution in [3.8, 4) is 6.07 Å². The third-order valence-electron chi connectivity index (χ3n) is 4.87. The van der Waals surface area contributed by atoms with Gasteiger partial charge in [-0.3, -0.25) is 5.32 Å². The van der Waals surface area contributed by atoms with Gasteiger partial charge in [0.25, 0.3) is 0 Å². The number of hydrogen-bond acceptors (Lipinski definition) is 4. The molecule has 108 valence electrons. The second kappa shape index (κ2) is 6.69. The van der Waals surface area contributed by atoms with Crippen molar-refractivity contribution in [2.24, 2.45) is 5.92 Å². The van der Waals surface area contributed by atoms with E-state index in [1.54, 1.807) is 7.11 Å². The largest absolute Gasteiger partial charge is 0.380 e. The van der Waals surface area contributed by atoms with Gasteiger partial charge in [-0.25, -0.2) is 0 Å². The maximum atomic E-state index is 9.54. The fraction of sp³-hybridized carbons (Fsp3) is 0.933. The summed E-state index contributed by atoms with van der Waals surface area (Å²) in [5.41, 5.74) is -0.255. The lowest BCUT2D eigenvalue weighted by Crippen LogP contribution is -2.47. The number of ether oxygens (including phenoxy) is 1.